The van der Waals surface area contributed by atoms with E-state index in [1.165, 1.54) is 7.11 Å². The van der Waals surface area contributed by atoms with Gasteiger partial charge in [0.15, 0.2) is 0 Å². The lowest BCUT2D eigenvalue weighted by Gasteiger charge is -2.46. The zero-order valence-corrected chi connectivity index (χ0v) is 28.6. The van der Waals surface area contributed by atoms with Gasteiger partial charge in [-0.3, -0.25) is 4.79 Å². The number of methoxy groups -OCH3 is 1. The summed E-state index contributed by atoms with van der Waals surface area (Å²) < 4.78 is 12.0. The molecule has 1 amide bonds. The minimum Gasteiger partial charge on any atom is -0.465 e. The van der Waals surface area contributed by atoms with Crippen LogP contribution >= 0.6 is 23.2 Å². The van der Waals surface area contributed by atoms with Gasteiger partial charge in [0, 0.05) is 34.5 Å². The number of carbonyl (C=O) groups excluding carboxylic acids is 2. The first-order valence-corrected chi connectivity index (χ1v) is 18.4. The van der Waals surface area contributed by atoms with Gasteiger partial charge in [-0.15, -0.1) is 0 Å². The zero-order chi connectivity index (χ0) is 30.8. The van der Waals surface area contributed by atoms with Crippen molar-refractivity contribution in [1.82, 2.24) is 5.32 Å². The molecule has 2 atom stereocenters. The van der Waals surface area contributed by atoms with Gasteiger partial charge in [-0.05, 0) is 95.6 Å². The fourth-order valence-electron chi connectivity index (χ4n) is 7.97. The van der Waals surface area contributed by atoms with Crippen LogP contribution in [0.15, 0.2) is 36.4 Å². The molecule has 1 unspecified atom stereocenters. The molecule has 230 valence electrons. The fraction of sp³-hybridized carbons (Fsp3) is 0.588. The van der Waals surface area contributed by atoms with Crippen LogP contribution in [0.3, 0.4) is 0 Å². The van der Waals surface area contributed by atoms with E-state index in [9.17, 15) is 9.59 Å². The first kappa shape index (κ1) is 33.0. The SMILES string of the molecule is COC(=O)c1ccc(-c2cc(Cl)c([C@H](C3CCC(O[Si](C(C)C)(C(C)C)C(C)C)CC3)C3CCNC3=O)c(Cl)c2)cc1. The van der Waals surface area contributed by atoms with Gasteiger partial charge >= 0.3 is 5.97 Å². The lowest BCUT2D eigenvalue weighted by atomic mass is 9.69. The number of benzene rings is 2. The normalized spacial score (nSPS) is 22.1. The van der Waals surface area contributed by atoms with Crippen molar-refractivity contribution in [2.45, 2.75) is 102 Å². The fourth-order valence-corrected chi connectivity index (χ4v) is 14.3. The topological polar surface area (TPSA) is 64.6 Å². The van der Waals surface area contributed by atoms with Crippen LogP contribution in [0.5, 0.6) is 0 Å². The Labute approximate surface area is 263 Å². The van der Waals surface area contributed by atoms with Crippen molar-refractivity contribution in [2.75, 3.05) is 13.7 Å². The molecule has 4 rings (SSSR count). The molecular formula is C34H47Cl2NO4Si. The van der Waals surface area contributed by atoms with E-state index in [-0.39, 0.29) is 29.8 Å². The van der Waals surface area contributed by atoms with Gasteiger partial charge in [-0.2, -0.15) is 0 Å². The maximum Gasteiger partial charge on any atom is 0.337 e. The number of nitrogens with one attached hydrogen (secondary N) is 1. The molecule has 42 heavy (non-hydrogen) atoms. The second kappa shape index (κ2) is 13.8. The number of carbonyl (C=O) groups is 2. The molecule has 0 bridgehead atoms. The van der Waals surface area contributed by atoms with E-state index < -0.39 is 8.32 Å². The standard InChI is InChI=1S/C34H47Cl2NO4Si/c1-20(2)42(21(3)4,22(5)6)41-27-14-12-24(13-15-27)31(28-16-17-37-33(28)38)32-29(35)18-26(19-30(32)36)23-8-10-25(11-9-23)34(39)40-7/h8-11,18-22,24,27-28,31H,12-17H2,1-7H3,(H,37,38)/t24?,27?,28?,31-/m1/s1. The summed E-state index contributed by atoms with van der Waals surface area (Å²) >= 11 is 14.1. The Morgan fingerprint density at radius 1 is 0.857 bits per heavy atom. The summed E-state index contributed by atoms with van der Waals surface area (Å²) in [6.07, 6.45) is 5.02. The van der Waals surface area contributed by atoms with Crippen molar-refractivity contribution in [3.8, 4) is 11.1 Å². The molecule has 0 spiro atoms. The molecule has 2 aromatic rings. The monoisotopic (exact) mass is 631 g/mol. The molecule has 2 aliphatic rings. The molecule has 1 heterocycles. The maximum atomic E-state index is 13.1. The van der Waals surface area contributed by atoms with E-state index in [4.69, 9.17) is 32.4 Å². The highest BCUT2D eigenvalue weighted by molar-refractivity contribution is 6.77. The van der Waals surface area contributed by atoms with Crippen molar-refractivity contribution in [1.29, 1.82) is 0 Å². The molecule has 1 saturated carbocycles. The second-order valence-corrected chi connectivity index (χ2v) is 19.3. The van der Waals surface area contributed by atoms with E-state index in [2.05, 4.69) is 46.9 Å². The summed E-state index contributed by atoms with van der Waals surface area (Å²) in [7, 11) is -0.597. The average molecular weight is 633 g/mol. The van der Waals surface area contributed by atoms with E-state index in [0.29, 0.717) is 44.7 Å². The van der Waals surface area contributed by atoms with Gasteiger partial charge in [-0.1, -0.05) is 76.9 Å². The third kappa shape index (κ3) is 6.62. The van der Waals surface area contributed by atoms with E-state index in [0.717, 1.165) is 48.8 Å². The van der Waals surface area contributed by atoms with Gasteiger partial charge in [0.25, 0.3) is 0 Å². The average Bonchev–Trinajstić information content (AvgIpc) is 3.38. The number of ether oxygens (including phenoxy) is 1. The highest BCUT2D eigenvalue weighted by atomic mass is 35.5. The predicted octanol–water partition coefficient (Wildman–Crippen LogP) is 9.42. The smallest absolute Gasteiger partial charge is 0.337 e. The lowest BCUT2D eigenvalue weighted by Crippen LogP contribution is -2.50. The van der Waals surface area contributed by atoms with Crippen molar-refractivity contribution in [2.24, 2.45) is 11.8 Å². The number of esters is 1. The molecular weight excluding hydrogens is 585 g/mol. The highest BCUT2D eigenvalue weighted by Gasteiger charge is 2.48. The van der Waals surface area contributed by atoms with Crippen LogP contribution in [0.2, 0.25) is 26.7 Å². The molecule has 8 heteroatoms. The van der Waals surface area contributed by atoms with Gasteiger partial charge in [0.1, 0.15) is 0 Å². The Hall–Kier alpha value is -1.86. The summed E-state index contributed by atoms with van der Waals surface area (Å²) in [5.74, 6) is -0.183. The number of rotatable bonds is 10. The summed E-state index contributed by atoms with van der Waals surface area (Å²) in [6, 6.07) is 11.1. The second-order valence-electron chi connectivity index (χ2n) is 13.1. The van der Waals surface area contributed by atoms with Gasteiger partial charge in [0.05, 0.1) is 12.7 Å². The summed E-state index contributed by atoms with van der Waals surface area (Å²) in [5.41, 5.74) is 4.80. The van der Waals surface area contributed by atoms with Crippen LogP contribution in [0.4, 0.5) is 0 Å². The first-order valence-electron chi connectivity index (χ1n) is 15.5. The Morgan fingerprint density at radius 2 is 1.40 bits per heavy atom. The van der Waals surface area contributed by atoms with Crippen LogP contribution in [-0.4, -0.2) is 40.0 Å². The van der Waals surface area contributed by atoms with Gasteiger partial charge in [-0.25, -0.2) is 4.79 Å². The number of hydrogen-bond donors (Lipinski definition) is 1. The van der Waals surface area contributed by atoms with Crippen molar-refractivity contribution in [3.63, 3.8) is 0 Å². The molecule has 5 nitrogen and oxygen atoms in total. The minimum absolute atomic E-state index is 0.0495. The van der Waals surface area contributed by atoms with Crippen LogP contribution in [-0.2, 0) is 14.0 Å². The molecule has 2 fully saturated rings. The number of hydrogen-bond acceptors (Lipinski definition) is 4. The van der Waals surface area contributed by atoms with Crippen molar-refractivity contribution >= 4 is 43.4 Å². The summed E-state index contributed by atoms with van der Waals surface area (Å²) in [4.78, 5) is 24.9. The van der Waals surface area contributed by atoms with Crippen LogP contribution < -0.4 is 5.32 Å². The Morgan fingerprint density at radius 3 is 1.86 bits per heavy atom. The van der Waals surface area contributed by atoms with Gasteiger partial charge < -0.3 is 14.5 Å². The minimum atomic E-state index is -1.97. The van der Waals surface area contributed by atoms with Crippen LogP contribution in [0.25, 0.3) is 11.1 Å². The number of halogens is 2. The van der Waals surface area contributed by atoms with Crippen molar-refractivity contribution < 1.29 is 18.8 Å². The molecule has 1 N–H and O–H groups in total. The Balaban J connectivity index is 1.60. The lowest BCUT2D eigenvalue weighted by molar-refractivity contribution is -0.123. The third-order valence-corrected chi connectivity index (χ3v) is 16.7. The van der Waals surface area contributed by atoms with Crippen LogP contribution in [0.1, 0.15) is 95.5 Å². The highest BCUT2D eigenvalue weighted by Crippen LogP contribution is 2.50. The summed E-state index contributed by atoms with van der Waals surface area (Å²) in [6.45, 7) is 14.7. The molecule has 0 radical (unpaired) electrons. The van der Waals surface area contributed by atoms with E-state index in [1.807, 2.05) is 24.3 Å². The molecule has 2 aromatic carbocycles. The summed E-state index contributed by atoms with van der Waals surface area (Å²) in [5, 5.41) is 4.22. The van der Waals surface area contributed by atoms with Gasteiger partial charge in [0.2, 0.25) is 14.2 Å². The van der Waals surface area contributed by atoms with E-state index in [1.54, 1.807) is 12.1 Å². The quantitative estimate of drug-likeness (QED) is 0.209. The molecule has 1 aliphatic carbocycles. The Bertz CT molecular complexity index is 1210. The van der Waals surface area contributed by atoms with E-state index >= 15 is 0 Å². The first-order chi connectivity index (χ1) is 19.9. The van der Waals surface area contributed by atoms with Crippen LogP contribution in [0, 0.1) is 11.8 Å². The number of amides is 1. The maximum absolute atomic E-state index is 13.1. The predicted molar refractivity (Wildman–Crippen MR) is 175 cm³/mol. The third-order valence-electron chi connectivity index (χ3n) is 9.88. The zero-order valence-electron chi connectivity index (χ0n) is 26.1. The largest absolute Gasteiger partial charge is 0.465 e. The molecule has 1 saturated heterocycles. The van der Waals surface area contributed by atoms with Crippen molar-refractivity contribution in [3.05, 3.63) is 57.6 Å². The molecule has 0 aromatic heterocycles. The molecule has 1 aliphatic heterocycles. The Kier molecular flexibility index (Phi) is 10.9.